The number of alkyl halides is 3. The van der Waals surface area contributed by atoms with Crippen molar-refractivity contribution in [1.82, 2.24) is 20.3 Å². The van der Waals surface area contributed by atoms with Gasteiger partial charge in [-0.3, -0.25) is 4.79 Å². The van der Waals surface area contributed by atoms with Crippen molar-refractivity contribution in [2.75, 3.05) is 6.61 Å². The smallest absolute Gasteiger partial charge is 0.435 e. The van der Waals surface area contributed by atoms with Crippen molar-refractivity contribution in [3.05, 3.63) is 71.3 Å². The van der Waals surface area contributed by atoms with E-state index in [0.717, 1.165) is 18.6 Å². The molecule has 0 atom stereocenters. The van der Waals surface area contributed by atoms with E-state index in [4.69, 9.17) is 4.74 Å². The average Bonchev–Trinajstić information content (AvgIpc) is 3.17. The van der Waals surface area contributed by atoms with Crippen molar-refractivity contribution in [2.45, 2.75) is 26.1 Å². The van der Waals surface area contributed by atoms with Crippen molar-refractivity contribution >= 4 is 5.91 Å². The van der Waals surface area contributed by atoms with Gasteiger partial charge in [-0.15, -0.1) is 5.10 Å². The van der Waals surface area contributed by atoms with Crippen molar-refractivity contribution < 1.29 is 27.1 Å². The number of hydrogen-bond acceptors (Lipinski definition) is 4. The van der Waals surface area contributed by atoms with E-state index in [1.54, 1.807) is 24.3 Å². The first-order valence-electron chi connectivity index (χ1n) is 9.08. The number of ether oxygens (including phenoxy) is 1. The molecule has 3 aromatic rings. The van der Waals surface area contributed by atoms with Crippen LogP contribution in [0.25, 0.3) is 5.69 Å². The van der Waals surface area contributed by atoms with Crippen molar-refractivity contribution in [1.29, 1.82) is 0 Å². The first-order chi connectivity index (χ1) is 14.3. The molecule has 0 unspecified atom stereocenters. The van der Waals surface area contributed by atoms with Crippen LogP contribution in [0.3, 0.4) is 0 Å². The molecule has 0 aliphatic heterocycles. The van der Waals surface area contributed by atoms with E-state index in [2.05, 4.69) is 15.6 Å². The minimum atomic E-state index is -4.93. The summed E-state index contributed by atoms with van der Waals surface area (Å²) in [6.07, 6.45) is -4.11. The van der Waals surface area contributed by atoms with E-state index in [9.17, 15) is 22.4 Å². The van der Waals surface area contributed by atoms with Crippen LogP contribution in [0.2, 0.25) is 0 Å². The van der Waals surface area contributed by atoms with Crippen molar-refractivity contribution in [2.24, 2.45) is 0 Å². The Morgan fingerprint density at radius 3 is 2.63 bits per heavy atom. The fourth-order valence-electron chi connectivity index (χ4n) is 2.71. The maximum absolute atomic E-state index is 13.6. The Morgan fingerprint density at radius 2 is 1.93 bits per heavy atom. The van der Waals surface area contributed by atoms with Gasteiger partial charge < -0.3 is 10.1 Å². The number of aromatic nitrogens is 3. The summed E-state index contributed by atoms with van der Waals surface area (Å²) in [5.41, 5.74) is -1.84. The van der Waals surface area contributed by atoms with Crippen LogP contribution in [0.5, 0.6) is 5.75 Å². The first-order valence-corrected chi connectivity index (χ1v) is 9.08. The van der Waals surface area contributed by atoms with Gasteiger partial charge in [0.1, 0.15) is 11.6 Å². The molecule has 1 aromatic heterocycles. The van der Waals surface area contributed by atoms with E-state index in [1.165, 1.54) is 12.1 Å². The molecule has 10 heteroatoms. The molecule has 1 heterocycles. The van der Waals surface area contributed by atoms with Gasteiger partial charge in [-0.2, -0.15) is 13.2 Å². The number of carbonyl (C=O) groups excluding carboxylic acids is 1. The quantitative estimate of drug-likeness (QED) is 0.581. The van der Waals surface area contributed by atoms with E-state index in [1.807, 2.05) is 6.92 Å². The molecule has 1 N–H and O–H groups in total. The highest BCUT2D eigenvalue weighted by Gasteiger charge is 2.42. The average molecular weight is 422 g/mol. The van der Waals surface area contributed by atoms with Gasteiger partial charge in [0, 0.05) is 6.54 Å². The molecule has 0 saturated carbocycles. The Balaban J connectivity index is 1.83. The predicted octanol–water partition coefficient (Wildman–Crippen LogP) is 4.14. The maximum atomic E-state index is 13.6. The highest BCUT2D eigenvalue weighted by Crippen LogP contribution is 2.32. The summed E-state index contributed by atoms with van der Waals surface area (Å²) in [6, 6.07) is 11.3. The minimum Gasteiger partial charge on any atom is -0.494 e. The van der Waals surface area contributed by atoms with Gasteiger partial charge in [0.2, 0.25) is 0 Å². The number of hydrogen-bond donors (Lipinski definition) is 1. The summed E-state index contributed by atoms with van der Waals surface area (Å²) in [5.74, 6) is -1.20. The van der Waals surface area contributed by atoms with Crippen LogP contribution in [0, 0.1) is 5.82 Å². The number of rotatable bonds is 7. The van der Waals surface area contributed by atoms with Gasteiger partial charge in [-0.05, 0) is 42.3 Å². The summed E-state index contributed by atoms with van der Waals surface area (Å²) in [4.78, 5) is 12.4. The minimum absolute atomic E-state index is 0.0354. The van der Waals surface area contributed by atoms with Crippen LogP contribution < -0.4 is 10.1 Å². The first kappa shape index (κ1) is 21.3. The maximum Gasteiger partial charge on any atom is 0.435 e. The van der Waals surface area contributed by atoms with Gasteiger partial charge in [-0.1, -0.05) is 30.3 Å². The second kappa shape index (κ2) is 8.93. The lowest BCUT2D eigenvalue weighted by Crippen LogP contribution is -2.27. The second-order valence-electron chi connectivity index (χ2n) is 6.35. The van der Waals surface area contributed by atoms with E-state index < -0.39 is 29.3 Å². The molecule has 2 aromatic carbocycles. The molecule has 30 heavy (non-hydrogen) atoms. The Bertz CT molecular complexity index is 1030. The van der Waals surface area contributed by atoms with E-state index in [-0.39, 0.29) is 12.2 Å². The third kappa shape index (κ3) is 4.94. The van der Waals surface area contributed by atoms with Gasteiger partial charge in [0.15, 0.2) is 11.4 Å². The van der Waals surface area contributed by atoms with Crippen LogP contribution in [0.15, 0.2) is 48.5 Å². The lowest BCUT2D eigenvalue weighted by atomic mass is 10.2. The Hall–Kier alpha value is -3.43. The largest absolute Gasteiger partial charge is 0.494 e. The summed E-state index contributed by atoms with van der Waals surface area (Å²) in [7, 11) is 0. The molecule has 3 rings (SSSR count). The zero-order valence-corrected chi connectivity index (χ0v) is 15.9. The van der Waals surface area contributed by atoms with Crippen LogP contribution in [-0.4, -0.2) is 27.5 Å². The van der Waals surface area contributed by atoms with Gasteiger partial charge in [0.05, 0.1) is 12.3 Å². The van der Waals surface area contributed by atoms with E-state index >= 15 is 0 Å². The molecule has 0 bridgehead atoms. The van der Waals surface area contributed by atoms with E-state index in [0.29, 0.717) is 22.6 Å². The highest BCUT2D eigenvalue weighted by atomic mass is 19.4. The molecule has 0 spiro atoms. The summed E-state index contributed by atoms with van der Waals surface area (Å²) in [6.45, 7) is 2.44. The lowest BCUT2D eigenvalue weighted by Gasteiger charge is -2.11. The molecule has 6 nitrogen and oxygen atoms in total. The molecule has 0 fully saturated rings. The summed E-state index contributed by atoms with van der Waals surface area (Å²) in [5, 5.41) is 9.21. The fraction of sp³-hybridized carbons (Fsp3) is 0.250. The van der Waals surface area contributed by atoms with Gasteiger partial charge in [0.25, 0.3) is 5.91 Å². The molecule has 0 saturated heterocycles. The molecule has 0 aliphatic carbocycles. The molecular weight excluding hydrogens is 404 g/mol. The predicted molar refractivity (Wildman–Crippen MR) is 99.7 cm³/mol. The van der Waals surface area contributed by atoms with Crippen molar-refractivity contribution in [3.8, 4) is 11.4 Å². The number of halogens is 4. The molecule has 158 valence electrons. The van der Waals surface area contributed by atoms with Crippen LogP contribution in [0.1, 0.15) is 35.1 Å². The normalized spacial score (nSPS) is 11.4. The summed E-state index contributed by atoms with van der Waals surface area (Å²) >= 11 is 0. The highest BCUT2D eigenvalue weighted by molar-refractivity contribution is 5.93. The Morgan fingerprint density at radius 1 is 1.17 bits per heavy atom. The molecular formula is C20H18F4N4O2. The van der Waals surface area contributed by atoms with Crippen LogP contribution in [0.4, 0.5) is 17.6 Å². The number of amides is 1. The lowest BCUT2D eigenvalue weighted by molar-refractivity contribution is -0.143. The summed E-state index contributed by atoms with van der Waals surface area (Å²) < 4.78 is 60.2. The van der Waals surface area contributed by atoms with Gasteiger partial charge >= 0.3 is 6.18 Å². The van der Waals surface area contributed by atoms with Crippen LogP contribution in [-0.2, 0) is 12.7 Å². The monoisotopic (exact) mass is 422 g/mol. The molecule has 1 amide bonds. The van der Waals surface area contributed by atoms with Crippen LogP contribution >= 0.6 is 0 Å². The number of benzene rings is 2. The number of nitrogens with zero attached hydrogens (tertiary/aromatic N) is 3. The molecule has 0 radical (unpaired) electrons. The Labute approximate surface area is 169 Å². The number of nitrogens with one attached hydrogen (secondary N) is 1. The zero-order chi connectivity index (χ0) is 21.7. The third-order valence-electron chi connectivity index (χ3n) is 4.03. The van der Waals surface area contributed by atoms with Crippen molar-refractivity contribution in [3.63, 3.8) is 0 Å². The SMILES string of the molecule is CCCOc1cccc(CNC(=O)c2nnn(-c3cccc(F)c3)c2C(F)(F)F)c1. The van der Waals surface area contributed by atoms with Gasteiger partial charge in [-0.25, -0.2) is 9.07 Å². The topological polar surface area (TPSA) is 69.0 Å². The molecule has 0 aliphatic rings. The fourth-order valence-corrected chi connectivity index (χ4v) is 2.71. The Kier molecular flexibility index (Phi) is 6.34. The third-order valence-corrected chi connectivity index (χ3v) is 4.03. The number of carbonyl (C=O) groups is 1. The second-order valence-corrected chi connectivity index (χ2v) is 6.35. The standard InChI is InChI=1S/C20H18F4N4O2/c1-2-9-30-16-8-3-5-13(10-16)12-25-19(29)17-18(20(22,23)24)28(27-26-17)15-7-4-6-14(21)11-15/h3-8,10-11H,2,9,12H2,1H3,(H,25,29). The zero-order valence-electron chi connectivity index (χ0n) is 15.9.